The number of imidazole rings is 1. The highest BCUT2D eigenvalue weighted by atomic mass is 16.4. The van der Waals surface area contributed by atoms with Crippen LogP contribution in [0.25, 0.3) is 0 Å². The number of carbonyl (C=O) groups excluding carboxylic acids is 3. The van der Waals surface area contributed by atoms with Crippen LogP contribution in [0.15, 0.2) is 36.8 Å². The molecule has 0 saturated carbocycles. The predicted octanol–water partition coefficient (Wildman–Crippen LogP) is -2.38. The topological polar surface area (TPSA) is 257 Å². The van der Waals surface area contributed by atoms with E-state index in [4.69, 9.17) is 15.9 Å². The monoisotopic (exact) mass is 534 g/mol. The van der Waals surface area contributed by atoms with E-state index in [1.807, 2.05) is 0 Å². The summed E-state index contributed by atoms with van der Waals surface area (Å²) in [7, 11) is 0. The third-order valence-electron chi connectivity index (χ3n) is 5.42. The molecule has 10 N–H and O–H groups in total. The van der Waals surface area contributed by atoms with Gasteiger partial charge in [0.25, 0.3) is 0 Å². The molecule has 38 heavy (non-hydrogen) atoms. The Balaban J connectivity index is 2.21. The number of carboxylic acids is 2. The number of amides is 3. The minimum Gasteiger partial charge on any atom is -0.508 e. The molecule has 1 aromatic carbocycles. The largest absolute Gasteiger partial charge is 0.508 e. The van der Waals surface area contributed by atoms with Gasteiger partial charge in [-0.3, -0.25) is 19.2 Å². The van der Waals surface area contributed by atoms with Crippen LogP contribution in [0.5, 0.6) is 5.75 Å². The highest BCUT2D eigenvalue weighted by Crippen LogP contribution is 2.12. The molecular formula is C23H30N6O9. The van der Waals surface area contributed by atoms with Gasteiger partial charge in [-0.15, -0.1) is 0 Å². The molecule has 15 heteroatoms. The van der Waals surface area contributed by atoms with Gasteiger partial charge in [-0.2, -0.15) is 0 Å². The second-order valence-electron chi connectivity index (χ2n) is 8.39. The Morgan fingerprint density at radius 2 is 1.50 bits per heavy atom. The summed E-state index contributed by atoms with van der Waals surface area (Å²) < 4.78 is 0. The van der Waals surface area contributed by atoms with Gasteiger partial charge in [0.05, 0.1) is 19.0 Å². The summed E-state index contributed by atoms with van der Waals surface area (Å²) in [6.45, 7) is -0.910. The number of carbonyl (C=O) groups is 5. The van der Waals surface area contributed by atoms with Crippen molar-refractivity contribution in [1.29, 1.82) is 0 Å². The third kappa shape index (κ3) is 9.51. The fourth-order valence-electron chi connectivity index (χ4n) is 3.35. The van der Waals surface area contributed by atoms with Crippen LogP contribution < -0.4 is 21.7 Å². The molecule has 1 aromatic heterocycles. The first kappa shape index (κ1) is 29.7. The summed E-state index contributed by atoms with van der Waals surface area (Å²) in [6, 6.07) is 0.102. The first-order valence-electron chi connectivity index (χ1n) is 11.5. The van der Waals surface area contributed by atoms with Crippen LogP contribution >= 0.6 is 0 Å². The molecular weight excluding hydrogens is 504 g/mol. The zero-order valence-corrected chi connectivity index (χ0v) is 20.2. The van der Waals surface area contributed by atoms with Crippen molar-refractivity contribution < 1.29 is 44.4 Å². The molecule has 0 spiro atoms. The molecule has 0 radical (unpaired) electrons. The second kappa shape index (κ2) is 14.3. The Morgan fingerprint density at radius 3 is 2.05 bits per heavy atom. The Morgan fingerprint density at radius 1 is 0.895 bits per heavy atom. The average molecular weight is 535 g/mol. The lowest BCUT2D eigenvalue weighted by Crippen LogP contribution is -2.58. The molecule has 0 aliphatic rings. The number of nitrogens with zero attached hydrogens (tertiary/aromatic N) is 1. The van der Waals surface area contributed by atoms with Crippen molar-refractivity contribution in [2.24, 2.45) is 5.73 Å². The number of aliphatic hydroxyl groups excluding tert-OH is 1. The molecule has 1 heterocycles. The summed E-state index contributed by atoms with van der Waals surface area (Å²) in [5.41, 5.74) is 6.94. The van der Waals surface area contributed by atoms with Gasteiger partial charge in [0.15, 0.2) is 0 Å². The number of H-pyrrole nitrogens is 1. The van der Waals surface area contributed by atoms with Gasteiger partial charge in [-0.1, -0.05) is 12.1 Å². The van der Waals surface area contributed by atoms with Crippen LogP contribution in [-0.4, -0.2) is 90.8 Å². The van der Waals surface area contributed by atoms with E-state index in [-0.39, 0.29) is 25.0 Å². The van der Waals surface area contributed by atoms with E-state index >= 15 is 0 Å². The van der Waals surface area contributed by atoms with Crippen molar-refractivity contribution in [1.82, 2.24) is 25.9 Å². The van der Waals surface area contributed by atoms with E-state index < -0.39 is 66.9 Å². The number of aromatic nitrogens is 2. The Kier molecular flexibility index (Phi) is 11.2. The number of benzene rings is 1. The number of aliphatic carboxylic acids is 2. The Bertz CT molecular complexity index is 1110. The molecule has 2 aromatic rings. The number of aromatic amines is 1. The van der Waals surface area contributed by atoms with Gasteiger partial charge >= 0.3 is 11.9 Å². The number of aliphatic hydroxyl groups is 1. The van der Waals surface area contributed by atoms with Crippen LogP contribution in [0.3, 0.4) is 0 Å². The highest BCUT2D eigenvalue weighted by Gasteiger charge is 2.30. The van der Waals surface area contributed by atoms with Crippen LogP contribution in [0.1, 0.15) is 24.1 Å². The van der Waals surface area contributed by atoms with E-state index in [0.29, 0.717) is 11.3 Å². The second-order valence-corrected chi connectivity index (χ2v) is 8.39. The van der Waals surface area contributed by atoms with Crippen molar-refractivity contribution in [3.63, 3.8) is 0 Å². The van der Waals surface area contributed by atoms with Crippen molar-refractivity contribution >= 4 is 29.7 Å². The Labute approximate surface area is 216 Å². The van der Waals surface area contributed by atoms with Gasteiger partial charge in [-0.05, 0) is 24.1 Å². The van der Waals surface area contributed by atoms with E-state index in [1.54, 1.807) is 0 Å². The smallest absolute Gasteiger partial charge is 0.328 e. The molecule has 4 atom stereocenters. The maximum absolute atomic E-state index is 13.1. The number of nitrogens with one attached hydrogen (secondary N) is 4. The molecule has 15 nitrogen and oxygen atoms in total. The summed E-state index contributed by atoms with van der Waals surface area (Å²) >= 11 is 0. The molecule has 3 amide bonds. The average Bonchev–Trinajstić information content (AvgIpc) is 3.38. The van der Waals surface area contributed by atoms with Crippen LogP contribution in [-0.2, 0) is 36.8 Å². The minimum absolute atomic E-state index is 0.0482. The molecule has 0 aliphatic carbocycles. The summed E-state index contributed by atoms with van der Waals surface area (Å²) in [4.78, 5) is 67.6. The van der Waals surface area contributed by atoms with E-state index in [9.17, 15) is 34.2 Å². The Hall–Kier alpha value is -4.50. The summed E-state index contributed by atoms with van der Waals surface area (Å²) in [5, 5.41) is 43.9. The summed E-state index contributed by atoms with van der Waals surface area (Å²) in [5.74, 6) is -5.41. The molecule has 0 fully saturated rings. The number of hydrogen-bond donors (Lipinski definition) is 9. The molecule has 2 rings (SSSR count). The maximum atomic E-state index is 13.1. The van der Waals surface area contributed by atoms with Gasteiger partial charge in [-0.25, -0.2) is 9.78 Å². The lowest BCUT2D eigenvalue weighted by atomic mass is 10.0. The van der Waals surface area contributed by atoms with Gasteiger partial charge in [0, 0.05) is 31.2 Å². The molecule has 4 unspecified atom stereocenters. The number of phenolic OH excluding ortho intramolecular Hbond substituents is 1. The van der Waals surface area contributed by atoms with E-state index in [1.165, 1.54) is 36.8 Å². The van der Waals surface area contributed by atoms with Gasteiger partial charge in [0.1, 0.15) is 23.9 Å². The van der Waals surface area contributed by atoms with E-state index in [2.05, 4.69) is 25.9 Å². The number of nitrogens with two attached hydrogens (primary N) is 1. The van der Waals surface area contributed by atoms with Crippen LogP contribution in [0.2, 0.25) is 0 Å². The lowest BCUT2D eigenvalue weighted by molar-refractivity contribution is -0.143. The van der Waals surface area contributed by atoms with Crippen LogP contribution in [0.4, 0.5) is 0 Å². The fraction of sp³-hybridized carbons (Fsp3) is 0.391. The molecule has 206 valence electrons. The first-order valence-corrected chi connectivity index (χ1v) is 11.5. The molecule has 0 bridgehead atoms. The van der Waals surface area contributed by atoms with Crippen molar-refractivity contribution in [2.75, 3.05) is 6.61 Å². The van der Waals surface area contributed by atoms with Crippen LogP contribution in [0, 0.1) is 0 Å². The summed E-state index contributed by atoms with van der Waals surface area (Å²) in [6.07, 6.45) is 1.94. The number of phenols is 1. The van der Waals surface area contributed by atoms with Gasteiger partial charge in [0.2, 0.25) is 17.7 Å². The van der Waals surface area contributed by atoms with Gasteiger partial charge < -0.3 is 47.1 Å². The quantitative estimate of drug-likeness (QED) is 0.117. The predicted molar refractivity (Wildman–Crippen MR) is 129 cm³/mol. The maximum Gasteiger partial charge on any atom is 0.328 e. The number of rotatable bonds is 15. The van der Waals surface area contributed by atoms with Crippen molar-refractivity contribution in [3.8, 4) is 5.75 Å². The SMILES string of the molecule is NC(Cc1cnc[nH]1)C(=O)NC(CCC(=O)O)C(=O)NC(Cc1ccc(O)cc1)C(=O)NC(CO)C(=O)O. The lowest BCUT2D eigenvalue weighted by Gasteiger charge is -2.25. The standard InChI is InChI=1S/C23H30N6O9/c24-15(8-13-9-25-11-26-13)20(34)27-16(5-6-19(32)33)21(35)28-17(7-12-1-3-14(31)4-2-12)22(36)29-18(10-30)23(37)38/h1-4,9,11,15-18,30-31H,5-8,10,24H2,(H,25,26)(H,27,34)(H,28,35)(H,29,36)(H,32,33)(H,37,38). The fourth-order valence-corrected chi connectivity index (χ4v) is 3.35. The number of hydrogen-bond acceptors (Lipinski definition) is 9. The minimum atomic E-state index is -1.65. The molecule has 0 saturated heterocycles. The highest BCUT2D eigenvalue weighted by molar-refractivity contribution is 5.94. The van der Waals surface area contributed by atoms with Crippen molar-refractivity contribution in [2.45, 2.75) is 49.9 Å². The number of aromatic hydroxyl groups is 1. The molecule has 0 aliphatic heterocycles. The van der Waals surface area contributed by atoms with Crippen molar-refractivity contribution in [3.05, 3.63) is 48.0 Å². The first-order chi connectivity index (χ1) is 18.0. The zero-order valence-electron chi connectivity index (χ0n) is 20.2. The zero-order chi connectivity index (χ0) is 28.2. The van der Waals surface area contributed by atoms with E-state index in [0.717, 1.165) is 0 Å². The third-order valence-corrected chi connectivity index (χ3v) is 5.42. The number of carboxylic acid groups (broad SMARTS) is 2. The normalized spacial score (nSPS) is 13.9.